The molecule has 4 heterocycles. The van der Waals surface area contributed by atoms with Gasteiger partial charge < -0.3 is 20.4 Å². The van der Waals surface area contributed by atoms with Gasteiger partial charge in [0.25, 0.3) is 0 Å². The maximum absolute atomic E-state index is 12.4. The number of aliphatic carboxylic acids is 1. The number of fused-ring (bicyclic) bond motifs is 1. The van der Waals surface area contributed by atoms with Gasteiger partial charge in [-0.1, -0.05) is 6.92 Å². The molecule has 152 valence electrons. The molecule has 0 saturated carbocycles. The van der Waals surface area contributed by atoms with Crippen molar-refractivity contribution in [1.82, 2.24) is 20.0 Å². The van der Waals surface area contributed by atoms with Crippen LogP contribution in [0.2, 0.25) is 0 Å². The molecule has 28 heavy (non-hydrogen) atoms. The first kappa shape index (κ1) is 19.5. The van der Waals surface area contributed by atoms with Gasteiger partial charge in [-0.3, -0.25) is 9.48 Å². The summed E-state index contributed by atoms with van der Waals surface area (Å²) in [6.07, 6.45) is 4.87. The number of rotatable bonds is 7. The van der Waals surface area contributed by atoms with Gasteiger partial charge in [0.1, 0.15) is 5.70 Å². The molecule has 8 nitrogen and oxygen atoms in total. The van der Waals surface area contributed by atoms with Crippen molar-refractivity contribution in [1.29, 1.82) is 0 Å². The van der Waals surface area contributed by atoms with Crippen LogP contribution in [0.1, 0.15) is 26.7 Å². The van der Waals surface area contributed by atoms with E-state index in [1.54, 1.807) is 24.9 Å². The van der Waals surface area contributed by atoms with Crippen molar-refractivity contribution in [3.8, 4) is 0 Å². The number of aromatic nitrogens is 2. The first-order valence-electron chi connectivity index (χ1n) is 9.74. The Balaban J connectivity index is 1.42. The predicted molar refractivity (Wildman–Crippen MR) is 104 cm³/mol. The first-order valence-corrected chi connectivity index (χ1v) is 10.6. The number of carbonyl (C=O) groups excluding carboxylic acids is 1. The van der Waals surface area contributed by atoms with Crippen LogP contribution < -0.4 is 5.32 Å². The van der Waals surface area contributed by atoms with E-state index < -0.39 is 18.0 Å². The maximum atomic E-state index is 12.4. The lowest BCUT2D eigenvalue weighted by Gasteiger charge is -2.46. The average molecular weight is 407 g/mol. The lowest BCUT2D eigenvalue weighted by Crippen LogP contribution is -2.63. The molecule has 3 aliphatic heterocycles. The van der Waals surface area contributed by atoms with Gasteiger partial charge >= 0.3 is 5.97 Å². The van der Waals surface area contributed by atoms with E-state index in [1.165, 1.54) is 4.90 Å². The molecule has 4 rings (SSSR count). The van der Waals surface area contributed by atoms with Crippen LogP contribution in [0.15, 0.2) is 29.1 Å². The van der Waals surface area contributed by atoms with Gasteiger partial charge in [-0.25, -0.2) is 4.79 Å². The van der Waals surface area contributed by atoms with E-state index in [0.717, 1.165) is 30.8 Å². The second-order valence-corrected chi connectivity index (χ2v) is 9.25. The van der Waals surface area contributed by atoms with Crippen molar-refractivity contribution < 1.29 is 19.8 Å². The molecule has 6 atom stereocenters. The largest absolute Gasteiger partial charge is 0.477 e. The Morgan fingerprint density at radius 1 is 1.50 bits per heavy atom. The zero-order valence-electron chi connectivity index (χ0n) is 16.0. The number of amides is 1. The van der Waals surface area contributed by atoms with Crippen LogP contribution >= 0.6 is 11.8 Å². The smallest absolute Gasteiger partial charge is 0.353 e. The fourth-order valence-electron chi connectivity index (χ4n) is 4.67. The number of hydrogen-bond donors (Lipinski definition) is 3. The summed E-state index contributed by atoms with van der Waals surface area (Å²) in [6, 6.07) is 2.04. The molecule has 3 N–H and O–H groups in total. The van der Waals surface area contributed by atoms with Gasteiger partial charge in [-0.15, -0.1) is 11.8 Å². The summed E-state index contributed by atoms with van der Waals surface area (Å²) in [5.41, 5.74) is 0.115. The zero-order valence-corrected chi connectivity index (χ0v) is 16.8. The number of aryl methyl sites for hydroxylation is 1. The van der Waals surface area contributed by atoms with Crippen LogP contribution in [0.3, 0.4) is 0 Å². The minimum absolute atomic E-state index is 0.0727. The number of carboxylic acids is 1. The monoisotopic (exact) mass is 406 g/mol. The molecule has 0 radical (unpaired) electrons. The topological polar surface area (TPSA) is 108 Å². The Labute approximate surface area is 168 Å². The summed E-state index contributed by atoms with van der Waals surface area (Å²) in [7, 11) is 0. The van der Waals surface area contributed by atoms with Crippen molar-refractivity contribution in [3.05, 3.63) is 29.1 Å². The zero-order chi connectivity index (χ0) is 20.0. The number of nitrogens with one attached hydrogen (secondary N) is 1. The molecule has 1 amide bonds. The normalized spacial score (nSPS) is 33.2. The Bertz CT molecular complexity index is 794. The summed E-state index contributed by atoms with van der Waals surface area (Å²) in [6.45, 7) is 5.23. The van der Waals surface area contributed by atoms with Gasteiger partial charge in [0.2, 0.25) is 5.91 Å². The molecular weight excluding hydrogens is 380 g/mol. The maximum Gasteiger partial charge on any atom is 0.353 e. The summed E-state index contributed by atoms with van der Waals surface area (Å²) in [5.74, 6) is -1.92. The standard InChI is InChI=1S/C19H26N4O4S/c1-10-15-14(11(2)24)18(25)23(15)16(19(26)27)17(10)28-13-8-12(20-9-13)4-7-22-6-3-5-21-22/h3,5-6,10-15,20,24H,4,7-9H2,1-2H3,(H,26,27)/t10-,11-,12-,13+,14-,15-/m1/s1. The summed E-state index contributed by atoms with van der Waals surface area (Å²) >= 11 is 1.59. The minimum Gasteiger partial charge on any atom is -0.477 e. The van der Waals surface area contributed by atoms with Gasteiger partial charge in [-0.2, -0.15) is 5.10 Å². The highest BCUT2D eigenvalue weighted by atomic mass is 32.2. The van der Waals surface area contributed by atoms with Crippen LogP contribution in [0.5, 0.6) is 0 Å². The SMILES string of the molecule is C[C@@H](O)[C@H]1C(=O)N2C(C(=O)O)=C(S[C@@H]3CN[C@H](CCn4cccn4)C3)[C@H](C)[C@H]12. The predicted octanol–water partition coefficient (Wildman–Crippen LogP) is 0.891. The number of aliphatic hydroxyl groups is 1. The van der Waals surface area contributed by atoms with Crippen molar-refractivity contribution in [2.45, 2.75) is 56.7 Å². The van der Waals surface area contributed by atoms with E-state index in [9.17, 15) is 19.8 Å². The van der Waals surface area contributed by atoms with Crippen molar-refractivity contribution in [3.63, 3.8) is 0 Å². The molecule has 1 aromatic heterocycles. The third-order valence-electron chi connectivity index (χ3n) is 6.05. The fraction of sp³-hybridized carbons (Fsp3) is 0.632. The highest BCUT2D eigenvalue weighted by Crippen LogP contribution is 2.51. The van der Waals surface area contributed by atoms with Crippen molar-refractivity contribution >= 4 is 23.6 Å². The van der Waals surface area contributed by atoms with E-state index in [1.807, 2.05) is 23.9 Å². The van der Waals surface area contributed by atoms with Gasteiger partial charge in [0.15, 0.2) is 0 Å². The Morgan fingerprint density at radius 3 is 2.93 bits per heavy atom. The number of carboxylic acid groups (broad SMARTS) is 1. The first-order chi connectivity index (χ1) is 13.4. The van der Waals surface area contributed by atoms with E-state index in [-0.39, 0.29) is 28.8 Å². The Hall–Kier alpha value is -1.84. The molecule has 2 fully saturated rings. The average Bonchev–Trinajstić information content (AvgIpc) is 3.34. The molecule has 0 spiro atoms. The Morgan fingerprint density at radius 2 is 2.29 bits per heavy atom. The number of hydrogen-bond acceptors (Lipinski definition) is 6. The summed E-state index contributed by atoms with van der Waals surface area (Å²) < 4.78 is 1.92. The molecule has 0 aromatic carbocycles. The lowest BCUT2D eigenvalue weighted by atomic mass is 9.79. The van der Waals surface area contributed by atoms with Crippen LogP contribution in [0.4, 0.5) is 0 Å². The molecule has 9 heteroatoms. The molecule has 2 saturated heterocycles. The van der Waals surface area contributed by atoms with Crippen molar-refractivity contribution in [2.24, 2.45) is 11.8 Å². The lowest BCUT2D eigenvalue weighted by molar-refractivity contribution is -0.163. The minimum atomic E-state index is -1.06. The van der Waals surface area contributed by atoms with Crippen LogP contribution in [0, 0.1) is 11.8 Å². The Kier molecular flexibility index (Phi) is 5.24. The molecular formula is C19H26N4O4S. The number of carbonyl (C=O) groups is 2. The summed E-state index contributed by atoms with van der Waals surface area (Å²) in [4.78, 5) is 26.5. The van der Waals surface area contributed by atoms with E-state index in [0.29, 0.717) is 6.04 Å². The number of aliphatic hydroxyl groups excluding tert-OH is 1. The van der Waals surface area contributed by atoms with E-state index >= 15 is 0 Å². The van der Waals surface area contributed by atoms with Crippen molar-refractivity contribution in [2.75, 3.05) is 6.54 Å². The van der Waals surface area contributed by atoms with Crippen LogP contribution in [0.25, 0.3) is 0 Å². The third-order valence-corrected chi connectivity index (χ3v) is 7.56. The second kappa shape index (κ2) is 7.53. The number of β-lactam (4-membered cyclic amide) rings is 1. The third kappa shape index (κ3) is 3.25. The van der Waals surface area contributed by atoms with Gasteiger partial charge in [0, 0.05) is 47.6 Å². The number of nitrogens with zero attached hydrogens (tertiary/aromatic N) is 3. The van der Waals surface area contributed by atoms with Gasteiger partial charge in [0.05, 0.1) is 18.1 Å². The quantitative estimate of drug-likeness (QED) is 0.577. The highest BCUT2D eigenvalue weighted by molar-refractivity contribution is 8.03. The van der Waals surface area contributed by atoms with E-state index in [4.69, 9.17) is 0 Å². The second-order valence-electron chi connectivity index (χ2n) is 7.91. The van der Waals surface area contributed by atoms with Crippen LogP contribution in [-0.4, -0.2) is 66.8 Å². The summed E-state index contributed by atoms with van der Waals surface area (Å²) in [5, 5.41) is 27.7. The molecule has 0 unspecified atom stereocenters. The fourth-order valence-corrected chi connectivity index (χ4v) is 6.19. The van der Waals surface area contributed by atoms with Gasteiger partial charge in [-0.05, 0) is 25.8 Å². The molecule has 0 bridgehead atoms. The number of thioether (sulfide) groups is 1. The molecule has 0 aliphatic carbocycles. The highest BCUT2D eigenvalue weighted by Gasteiger charge is 2.60. The van der Waals surface area contributed by atoms with E-state index in [2.05, 4.69) is 10.4 Å². The molecule has 1 aromatic rings. The van der Waals surface area contributed by atoms with Crippen LogP contribution in [-0.2, 0) is 16.1 Å². The molecule has 3 aliphatic rings.